The number of aromatic hydroxyl groups is 1. The maximum Gasteiger partial charge on any atom is 0.237 e. The minimum absolute atomic E-state index is 0.0398. The van der Waals surface area contributed by atoms with E-state index < -0.39 is 18.2 Å². The van der Waals surface area contributed by atoms with Crippen molar-refractivity contribution in [3.8, 4) is 5.75 Å². The van der Waals surface area contributed by atoms with Gasteiger partial charge in [-0.25, -0.2) is 0 Å². The average Bonchev–Trinajstić information content (AvgIpc) is 2.37. The molecule has 0 spiro atoms. The lowest BCUT2D eigenvalue weighted by Gasteiger charge is -2.23. The molecule has 0 aliphatic rings. The third kappa shape index (κ3) is 4.22. The molecule has 0 saturated carbocycles. The average molecular weight is 266 g/mol. The standard InChI is InChI=1S/C14H22N2O3/c1-8(2)12(15)14(19)16-9(3)13(18)10-4-6-11(17)7-5-10/h4-9,12-13,17-18H,15H2,1-3H3,(H,16,19). The summed E-state index contributed by atoms with van der Waals surface area (Å²) in [5.41, 5.74) is 6.37. The minimum atomic E-state index is -0.844. The van der Waals surface area contributed by atoms with Crippen LogP contribution in [0.5, 0.6) is 5.75 Å². The molecule has 1 aromatic rings. The number of benzene rings is 1. The number of phenols is 1. The van der Waals surface area contributed by atoms with Gasteiger partial charge in [-0.2, -0.15) is 0 Å². The molecule has 0 heterocycles. The lowest BCUT2D eigenvalue weighted by Crippen LogP contribution is -2.48. The second kappa shape index (κ2) is 6.54. The van der Waals surface area contributed by atoms with Crippen molar-refractivity contribution in [1.82, 2.24) is 5.32 Å². The molecule has 5 N–H and O–H groups in total. The highest BCUT2D eigenvalue weighted by Crippen LogP contribution is 2.19. The van der Waals surface area contributed by atoms with Gasteiger partial charge in [0.25, 0.3) is 0 Å². The van der Waals surface area contributed by atoms with Crippen molar-refractivity contribution in [2.75, 3.05) is 0 Å². The van der Waals surface area contributed by atoms with Crippen LogP contribution in [0.2, 0.25) is 0 Å². The smallest absolute Gasteiger partial charge is 0.237 e. The second-order valence-corrected chi connectivity index (χ2v) is 5.10. The first-order valence-corrected chi connectivity index (χ1v) is 6.36. The Morgan fingerprint density at radius 2 is 1.74 bits per heavy atom. The van der Waals surface area contributed by atoms with E-state index in [1.54, 1.807) is 19.1 Å². The fourth-order valence-electron chi connectivity index (χ4n) is 1.66. The van der Waals surface area contributed by atoms with Crippen molar-refractivity contribution in [2.45, 2.75) is 39.0 Å². The van der Waals surface area contributed by atoms with Gasteiger partial charge < -0.3 is 21.3 Å². The molecule has 0 radical (unpaired) electrons. The maximum atomic E-state index is 11.8. The van der Waals surface area contributed by atoms with Crippen LogP contribution in [-0.2, 0) is 4.79 Å². The molecule has 0 bridgehead atoms. The Bertz CT molecular complexity index is 417. The summed E-state index contributed by atoms with van der Waals surface area (Å²) >= 11 is 0. The van der Waals surface area contributed by atoms with Crippen LogP contribution in [0.15, 0.2) is 24.3 Å². The molecule has 3 atom stereocenters. The molecule has 0 aliphatic heterocycles. The van der Waals surface area contributed by atoms with Crippen molar-refractivity contribution in [3.63, 3.8) is 0 Å². The Labute approximate surface area is 113 Å². The summed E-state index contributed by atoms with van der Waals surface area (Å²) in [5, 5.41) is 22.0. The van der Waals surface area contributed by atoms with E-state index in [0.717, 1.165) is 0 Å². The third-order valence-electron chi connectivity index (χ3n) is 3.10. The summed E-state index contributed by atoms with van der Waals surface area (Å²) in [5.74, 6) is -0.104. The highest BCUT2D eigenvalue weighted by Gasteiger charge is 2.23. The van der Waals surface area contributed by atoms with Gasteiger partial charge in [-0.15, -0.1) is 0 Å². The number of carbonyl (C=O) groups excluding carboxylic acids is 1. The third-order valence-corrected chi connectivity index (χ3v) is 3.10. The van der Waals surface area contributed by atoms with Gasteiger partial charge in [0, 0.05) is 0 Å². The van der Waals surface area contributed by atoms with Gasteiger partial charge in [0.1, 0.15) is 5.75 Å². The van der Waals surface area contributed by atoms with Gasteiger partial charge in [0.2, 0.25) is 5.91 Å². The zero-order chi connectivity index (χ0) is 14.6. The Hall–Kier alpha value is -1.59. The number of nitrogens with one attached hydrogen (secondary N) is 1. The molecular formula is C14H22N2O3. The predicted molar refractivity (Wildman–Crippen MR) is 73.5 cm³/mol. The van der Waals surface area contributed by atoms with Crippen LogP contribution in [0, 0.1) is 5.92 Å². The molecule has 5 nitrogen and oxygen atoms in total. The van der Waals surface area contributed by atoms with Gasteiger partial charge in [-0.3, -0.25) is 4.79 Å². The van der Waals surface area contributed by atoms with Gasteiger partial charge >= 0.3 is 0 Å². The first kappa shape index (κ1) is 15.5. The lowest BCUT2D eigenvalue weighted by atomic mass is 10.0. The Morgan fingerprint density at radius 1 is 1.21 bits per heavy atom. The van der Waals surface area contributed by atoms with Gasteiger partial charge in [0.15, 0.2) is 0 Å². The molecule has 3 unspecified atom stereocenters. The number of phenolic OH excluding ortho intramolecular Hbond substituents is 1. The van der Waals surface area contributed by atoms with E-state index in [2.05, 4.69) is 5.32 Å². The fourth-order valence-corrected chi connectivity index (χ4v) is 1.66. The molecule has 19 heavy (non-hydrogen) atoms. The minimum Gasteiger partial charge on any atom is -0.508 e. The number of hydrogen-bond acceptors (Lipinski definition) is 4. The van der Waals surface area contributed by atoms with Crippen molar-refractivity contribution in [3.05, 3.63) is 29.8 Å². The number of nitrogens with two attached hydrogens (primary N) is 1. The quantitative estimate of drug-likeness (QED) is 0.637. The van der Waals surface area contributed by atoms with Crippen LogP contribution in [0.4, 0.5) is 0 Å². The first-order chi connectivity index (χ1) is 8.82. The summed E-state index contributed by atoms with van der Waals surface area (Å²) in [6, 6.07) is 5.17. The predicted octanol–water partition coefficient (Wildman–Crippen LogP) is 0.914. The highest BCUT2D eigenvalue weighted by atomic mass is 16.3. The zero-order valence-electron chi connectivity index (χ0n) is 11.5. The number of aliphatic hydroxyl groups excluding tert-OH is 1. The van der Waals surface area contributed by atoms with Gasteiger partial charge in [-0.05, 0) is 30.5 Å². The Balaban J connectivity index is 2.65. The van der Waals surface area contributed by atoms with Crippen LogP contribution in [-0.4, -0.2) is 28.2 Å². The van der Waals surface area contributed by atoms with Crippen LogP contribution in [0.3, 0.4) is 0 Å². The van der Waals surface area contributed by atoms with Crippen LogP contribution in [0.1, 0.15) is 32.4 Å². The van der Waals surface area contributed by atoms with E-state index in [-0.39, 0.29) is 17.6 Å². The molecule has 1 amide bonds. The maximum absolute atomic E-state index is 11.8. The van der Waals surface area contributed by atoms with E-state index in [9.17, 15) is 15.0 Å². The monoisotopic (exact) mass is 266 g/mol. The van der Waals surface area contributed by atoms with Crippen molar-refractivity contribution in [2.24, 2.45) is 11.7 Å². The Kier molecular flexibility index (Phi) is 5.32. The summed E-state index contributed by atoms with van der Waals surface area (Å²) in [6.45, 7) is 5.44. The van der Waals surface area contributed by atoms with E-state index >= 15 is 0 Å². The molecular weight excluding hydrogens is 244 g/mol. The molecule has 5 heteroatoms. The zero-order valence-corrected chi connectivity index (χ0v) is 11.5. The first-order valence-electron chi connectivity index (χ1n) is 6.36. The molecule has 0 saturated heterocycles. The van der Waals surface area contributed by atoms with E-state index in [4.69, 9.17) is 5.73 Å². The normalized spacial score (nSPS) is 15.9. The number of amides is 1. The van der Waals surface area contributed by atoms with Crippen LogP contribution in [0.25, 0.3) is 0 Å². The summed E-state index contributed by atoms with van der Waals surface area (Å²) in [4.78, 5) is 11.8. The lowest BCUT2D eigenvalue weighted by molar-refractivity contribution is -0.124. The summed E-state index contributed by atoms with van der Waals surface area (Å²) in [6.07, 6.45) is -0.844. The van der Waals surface area contributed by atoms with Gasteiger partial charge in [0.05, 0.1) is 18.2 Å². The number of carbonyl (C=O) groups is 1. The molecule has 1 aromatic carbocycles. The van der Waals surface area contributed by atoms with E-state index in [1.165, 1.54) is 12.1 Å². The second-order valence-electron chi connectivity index (χ2n) is 5.10. The molecule has 106 valence electrons. The van der Waals surface area contributed by atoms with Crippen molar-refractivity contribution in [1.29, 1.82) is 0 Å². The Morgan fingerprint density at radius 3 is 2.21 bits per heavy atom. The van der Waals surface area contributed by atoms with E-state index in [0.29, 0.717) is 5.56 Å². The topological polar surface area (TPSA) is 95.6 Å². The summed E-state index contributed by atoms with van der Waals surface area (Å²) < 4.78 is 0. The molecule has 0 aliphatic carbocycles. The molecule has 0 aromatic heterocycles. The van der Waals surface area contributed by atoms with Gasteiger partial charge in [-0.1, -0.05) is 26.0 Å². The number of rotatable bonds is 5. The SMILES string of the molecule is CC(C)C(N)C(=O)NC(C)C(O)c1ccc(O)cc1. The van der Waals surface area contributed by atoms with Crippen molar-refractivity contribution < 1.29 is 15.0 Å². The molecule has 1 rings (SSSR count). The van der Waals surface area contributed by atoms with E-state index in [1.807, 2.05) is 13.8 Å². The highest BCUT2D eigenvalue weighted by molar-refractivity contribution is 5.82. The van der Waals surface area contributed by atoms with Crippen LogP contribution >= 0.6 is 0 Å². The fraction of sp³-hybridized carbons (Fsp3) is 0.500. The number of aliphatic hydroxyl groups is 1. The van der Waals surface area contributed by atoms with Crippen LogP contribution < -0.4 is 11.1 Å². The summed E-state index contributed by atoms with van der Waals surface area (Å²) in [7, 11) is 0. The molecule has 0 fully saturated rings. The number of hydrogen-bond donors (Lipinski definition) is 4. The van der Waals surface area contributed by atoms with Crippen molar-refractivity contribution >= 4 is 5.91 Å². The largest absolute Gasteiger partial charge is 0.508 e.